The smallest absolute Gasteiger partial charge is 0.333 e. The summed E-state index contributed by atoms with van der Waals surface area (Å²) >= 11 is 3.00. The maximum absolute atomic E-state index is 11.3. The van der Waals surface area contributed by atoms with Crippen LogP contribution in [-0.2, 0) is 6.54 Å². The van der Waals surface area contributed by atoms with E-state index in [9.17, 15) is 14.9 Å². The van der Waals surface area contributed by atoms with Crippen LogP contribution >= 0.6 is 15.9 Å². The van der Waals surface area contributed by atoms with Crippen LogP contribution in [-0.4, -0.2) is 23.1 Å². The summed E-state index contributed by atoms with van der Waals surface area (Å²) < 4.78 is 1.80. The molecule has 0 aliphatic rings. The van der Waals surface area contributed by atoms with Gasteiger partial charge in [-0.15, -0.1) is 0 Å². The molecule has 1 aromatic rings. The van der Waals surface area contributed by atoms with E-state index in [1.807, 2.05) is 0 Å². The quantitative estimate of drug-likeness (QED) is 0.650. The van der Waals surface area contributed by atoms with Gasteiger partial charge in [-0.25, -0.2) is 0 Å². The summed E-state index contributed by atoms with van der Waals surface area (Å²) in [4.78, 5) is 21.2. The molecule has 6 nitrogen and oxygen atoms in total. The molecule has 0 unspecified atom stereocenters. The Labute approximate surface area is 94.2 Å². The van der Waals surface area contributed by atoms with Crippen molar-refractivity contribution in [2.24, 2.45) is 0 Å². The number of nitrogens with one attached hydrogen (secondary N) is 1. The van der Waals surface area contributed by atoms with Gasteiger partial charge in [0.25, 0.3) is 5.43 Å². The lowest BCUT2D eigenvalue weighted by atomic mass is 10.4. The van der Waals surface area contributed by atoms with Crippen molar-refractivity contribution in [3.8, 4) is 0 Å². The number of halogens is 1. The van der Waals surface area contributed by atoms with Crippen LogP contribution in [0.3, 0.4) is 0 Å². The largest absolute Gasteiger partial charge is 0.346 e. The summed E-state index contributed by atoms with van der Waals surface area (Å²) in [6, 6.07) is 0. The summed E-state index contributed by atoms with van der Waals surface area (Å²) in [5.74, 6) is 0. The summed E-state index contributed by atoms with van der Waals surface area (Å²) in [5, 5.41) is 13.5. The van der Waals surface area contributed by atoms with Gasteiger partial charge in [0.05, 0.1) is 15.6 Å². The Hall–Kier alpha value is -1.21. The van der Waals surface area contributed by atoms with Gasteiger partial charge in [-0.1, -0.05) is 0 Å². The van der Waals surface area contributed by atoms with Crippen molar-refractivity contribution in [3.63, 3.8) is 0 Å². The maximum Gasteiger partial charge on any atom is 0.333 e. The molecule has 0 aliphatic heterocycles. The molecule has 0 saturated carbocycles. The molecule has 7 heteroatoms. The van der Waals surface area contributed by atoms with Crippen molar-refractivity contribution >= 4 is 21.6 Å². The fourth-order valence-electron chi connectivity index (χ4n) is 1.08. The highest BCUT2D eigenvalue weighted by Gasteiger charge is 2.15. The van der Waals surface area contributed by atoms with Crippen LogP contribution in [0.5, 0.6) is 0 Å². The number of nitro groups is 1. The summed E-state index contributed by atoms with van der Waals surface area (Å²) in [6.45, 7) is 1.24. The van der Waals surface area contributed by atoms with Gasteiger partial charge in [-0.3, -0.25) is 14.9 Å². The molecule has 1 N–H and O–H groups in total. The molecule has 0 bridgehead atoms. The van der Waals surface area contributed by atoms with Gasteiger partial charge in [0.1, 0.15) is 0 Å². The molecule has 82 valence electrons. The first-order chi connectivity index (χ1) is 7.06. The number of likely N-dealkylation sites (N-methyl/N-ethyl adjacent to an activating group) is 1. The lowest BCUT2D eigenvalue weighted by Gasteiger charge is -2.05. The number of pyridine rings is 1. The summed E-state index contributed by atoms with van der Waals surface area (Å²) in [5.41, 5.74) is -1.01. The van der Waals surface area contributed by atoms with Crippen molar-refractivity contribution < 1.29 is 4.92 Å². The third kappa shape index (κ3) is 2.87. The first kappa shape index (κ1) is 11.9. The predicted molar refractivity (Wildman–Crippen MR) is 59.0 cm³/mol. The van der Waals surface area contributed by atoms with Gasteiger partial charge in [0.15, 0.2) is 0 Å². The lowest BCUT2D eigenvalue weighted by Crippen LogP contribution is -2.18. The van der Waals surface area contributed by atoms with Crippen LogP contribution in [0.2, 0.25) is 0 Å². The predicted octanol–water partition coefficient (Wildman–Crippen LogP) is 0.738. The highest BCUT2D eigenvalue weighted by atomic mass is 79.9. The molecule has 0 fully saturated rings. The third-order valence-electron chi connectivity index (χ3n) is 1.83. The first-order valence-electron chi connectivity index (χ1n) is 4.25. The van der Waals surface area contributed by atoms with Crippen LogP contribution in [0.1, 0.15) is 0 Å². The standard InChI is InChI=1S/C8H10BrN3O3/c1-10-2-3-11-4-6(9)8(13)7(5-11)12(14)15/h4-5,10H,2-3H2,1H3. The van der Waals surface area contributed by atoms with E-state index in [0.29, 0.717) is 13.1 Å². The molecular formula is C8H10BrN3O3. The zero-order valence-corrected chi connectivity index (χ0v) is 9.65. The minimum absolute atomic E-state index is 0.202. The lowest BCUT2D eigenvalue weighted by molar-refractivity contribution is -0.386. The number of hydrogen-bond donors (Lipinski definition) is 1. The monoisotopic (exact) mass is 275 g/mol. The van der Waals surface area contributed by atoms with Gasteiger partial charge in [0, 0.05) is 19.3 Å². The van der Waals surface area contributed by atoms with E-state index in [1.54, 1.807) is 11.6 Å². The zero-order valence-electron chi connectivity index (χ0n) is 8.07. The van der Waals surface area contributed by atoms with Crippen molar-refractivity contribution in [1.82, 2.24) is 9.88 Å². The van der Waals surface area contributed by atoms with Crippen LogP contribution in [0.4, 0.5) is 5.69 Å². The van der Waals surface area contributed by atoms with Crippen molar-refractivity contribution in [2.45, 2.75) is 6.54 Å². The minimum Gasteiger partial charge on any atom is -0.346 e. The Morgan fingerprint density at radius 1 is 1.60 bits per heavy atom. The van der Waals surface area contributed by atoms with Crippen LogP contribution < -0.4 is 10.7 Å². The zero-order chi connectivity index (χ0) is 11.4. The topological polar surface area (TPSA) is 77.2 Å². The van der Waals surface area contributed by atoms with Gasteiger partial charge >= 0.3 is 5.69 Å². The molecule has 0 atom stereocenters. The normalized spacial score (nSPS) is 10.3. The van der Waals surface area contributed by atoms with E-state index in [1.165, 1.54) is 12.4 Å². The molecular weight excluding hydrogens is 266 g/mol. The molecule has 0 amide bonds. The Morgan fingerprint density at radius 2 is 2.27 bits per heavy atom. The van der Waals surface area contributed by atoms with E-state index < -0.39 is 16.0 Å². The fourth-order valence-corrected chi connectivity index (χ4v) is 1.55. The van der Waals surface area contributed by atoms with Gasteiger partial charge in [-0.2, -0.15) is 0 Å². The second kappa shape index (κ2) is 5.04. The van der Waals surface area contributed by atoms with Gasteiger partial charge in [0.2, 0.25) is 0 Å². The van der Waals surface area contributed by atoms with Crippen LogP contribution in [0.25, 0.3) is 0 Å². The van der Waals surface area contributed by atoms with Gasteiger partial charge in [-0.05, 0) is 23.0 Å². The van der Waals surface area contributed by atoms with Crippen molar-refractivity contribution in [2.75, 3.05) is 13.6 Å². The molecule has 1 rings (SSSR count). The van der Waals surface area contributed by atoms with E-state index in [0.717, 1.165) is 0 Å². The van der Waals surface area contributed by atoms with Crippen molar-refractivity contribution in [3.05, 3.63) is 37.2 Å². The Balaban J connectivity index is 3.12. The minimum atomic E-state index is -0.678. The van der Waals surface area contributed by atoms with E-state index >= 15 is 0 Å². The number of nitrogens with zero attached hydrogens (tertiary/aromatic N) is 2. The SMILES string of the molecule is CNCCn1cc(Br)c(=O)c([N+](=O)[O-])c1. The molecule has 0 saturated heterocycles. The molecule has 15 heavy (non-hydrogen) atoms. The van der Waals surface area contributed by atoms with Crippen LogP contribution in [0.15, 0.2) is 21.7 Å². The number of rotatable bonds is 4. The fraction of sp³-hybridized carbons (Fsp3) is 0.375. The highest BCUT2D eigenvalue weighted by Crippen LogP contribution is 2.10. The highest BCUT2D eigenvalue weighted by molar-refractivity contribution is 9.10. The maximum atomic E-state index is 11.3. The Kier molecular flexibility index (Phi) is 3.98. The number of aromatic nitrogens is 1. The van der Waals surface area contributed by atoms with E-state index in [4.69, 9.17) is 0 Å². The molecule has 1 aromatic heterocycles. The average molecular weight is 276 g/mol. The van der Waals surface area contributed by atoms with E-state index in [2.05, 4.69) is 21.2 Å². The molecule has 0 aromatic carbocycles. The second-order valence-electron chi connectivity index (χ2n) is 2.92. The second-order valence-corrected chi connectivity index (χ2v) is 3.77. The van der Waals surface area contributed by atoms with Gasteiger partial charge < -0.3 is 9.88 Å². The molecule has 0 aliphatic carbocycles. The first-order valence-corrected chi connectivity index (χ1v) is 5.04. The van der Waals surface area contributed by atoms with Crippen molar-refractivity contribution in [1.29, 1.82) is 0 Å². The Morgan fingerprint density at radius 3 is 2.80 bits per heavy atom. The number of hydrogen-bond acceptors (Lipinski definition) is 4. The Bertz CT molecular complexity index is 430. The van der Waals surface area contributed by atoms with Crippen LogP contribution in [0, 0.1) is 10.1 Å². The van der Waals surface area contributed by atoms with E-state index in [-0.39, 0.29) is 4.47 Å². The molecule has 0 spiro atoms. The summed E-state index contributed by atoms with van der Waals surface area (Å²) in [6.07, 6.45) is 2.77. The molecule has 0 radical (unpaired) electrons. The molecule has 1 heterocycles. The third-order valence-corrected chi connectivity index (χ3v) is 2.40. The average Bonchev–Trinajstić information content (AvgIpc) is 2.19. The summed E-state index contributed by atoms with van der Waals surface area (Å²) in [7, 11) is 1.78.